The Morgan fingerprint density at radius 2 is 2.38 bits per heavy atom. The summed E-state index contributed by atoms with van der Waals surface area (Å²) in [4.78, 5) is 10.7. The molecular weight excluding hydrogens is 104 g/mol. The first-order valence-electron chi connectivity index (χ1n) is 2.87. The Kier molecular flexibility index (Phi) is 0.568. The van der Waals surface area contributed by atoms with Crippen molar-refractivity contribution in [3.8, 4) is 0 Å². The Morgan fingerprint density at radius 3 is 2.38 bits per heavy atom. The average Bonchev–Trinajstić information content (AvgIpc) is 1.58. The van der Waals surface area contributed by atoms with E-state index in [1.165, 1.54) is 0 Å². The third kappa shape index (κ3) is 0.282. The van der Waals surface area contributed by atoms with Crippen LogP contribution < -0.4 is 10.6 Å². The van der Waals surface area contributed by atoms with Crippen molar-refractivity contribution in [3.05, 3.63) is 0 Å². The Balaban J connectivity index is 2.14. The molecule has 2 fully saturated rings. The molecule has 2 aliphatic rings. The van der Waals surface area contributed by atoms with Gasteiger partial charge in [-0.15, -0.1) is 0 Å². The second kappa shape index (κ2) is 1.05. The van der Waals surface area contributed by atoms with Crippen molar-refractivity contribution in [2.45, 2.75) is 12.0 Å². The fourth-order valence-electron chi connectivity index (χ4n) is 1.15. The molecule has 0 aliphatic carbocycles. The van der Waals surface area contributed by atoms with E-state index in [-0.39, 0.29) is 11.4 Å². The molecule has 2 N–H and O–H groups in total. The Labute approximate surface area is 47.4 Å². The molecule has 3 heteroatoms. The van der Waals surface area contributed by atoms with Gasteiger partial charge in [0.15, 0.2) is 0 Å². The van der Waals surface area contributed by atoms with E-state index in [0.29, 0.717) is 0 Å². The summed E-state index contributed by atoms with van der Waals surface area (Å²) in [6.45, 7) is 1.85. The van der Waals surface area contributed by atoms with Gasteiger partial charge in [-0.2, -0.15) is 0 Å². The lowest BCUT2D eigenvalue weighted by Gasteiger charge is -2.48. The van der Waals surface area contributed by atoms with Crippen LogP contribution in [0.1, 0.15) is 6.42 Å². The van der Waals surface area contributed by atoms with Crippen molar-refractivity contribution >= 4 is 5.91 Å². The number of rotatable bonds is 0. The molecule has 2 aliphatic heterocycles. The second-order valence-corrected chi connectivity index (χ2v) is 2.44. The average molecular weight is 112 g/mol. The minimum Gasteiger partial charge on any atom is -0.352 e. The summed E-state index contributed by atoms with van der Waals surface area (Å²) in [6.07, 6.45) is 1.03. The molecule has 2 heterocycles. The largest absolute Gasteiger partial charge is 0.352 e. The van der Waals surface area contributed by atoms with Gasteiger partial charge in [0.1, 0.15) is 5.54 Å². The van der Waals surface area contributed by atoms with Gasteiger partial charge < -0.3 is 10.6 Å². The van der Waals surface area contributed by atoms with Crippen LogP contribution in [0.25, 0.3) is 0 Å². The van der Waals surface area contributed by atoms with Crippen LogP contribution in [0.2, 0.25) is 0 Å². The van der Waals surface area contributed by atoms with Gasteiger partial charge in [0, 0.05) is 6.54 Å². The molecular formula is C5H8N2O. The van der Waals surface area contributed by atoms with Gasteiger partial charge in [-0.05, 0) is 13.0 Å². The third-order valence-corrected chi connectivity index (χ3v) is 2.00. The monoisotopic (exact) mass is 112 g/mol. The van der Waals surface area contributed by atoms with Crippen molar-refractivity contribution in [2.75, 3.05) is 13.1 Å². The van der Waals surface area contributed by atoms with E-state index in [0.717, 1.165) is 19.5 Å². The summed E-state index contributed by atoms with van der Waals surface area (Å²) in [6, 6.07) is 0. The van der Waals surface area contributed by atoms with Gasteiger partial charge in [0.25, 0.3) is 0 Å². The molecule has 0 radical (unpaired) electrons. The van der Waals surface area contributed by atoms with Crippen LogP contribution >= 0.6 is 0 Å². The molecule has 8 heavy (non-hydrogen) atoms. The number of nitrogens with one attached hydrogen (secondary N) is 2. The van der Waals surface area contributed by atoms with Crippen molar-refractivity contribution in [1.82, 2.24) is 10.6 Å². The van der Waals surface area contributed by atoms with Crippen LogP contribution in [0, 0.1) is 0 Å². The summed E-state index contributed by atoms with van der Waals surface area (Å²) in [5.41, 5.74) is -0.0972. The molecule has 1 amide bonds. The zero-order chi connectivity index (χ0) is 5.61. The predicted molar refractivity (Wildman–Crippen MR) is 28.4 cm³/mol. The lowest BCUT2D eigenvalue weighted by Crippen LogP contribution is -2.78. The molecule has 0 saturated carbocycles. The molecule has 0 aromatic carbocycles. The third-order valence-electron chi connectivity index (χ3n) is 2.00. The number of amides is 1. The Morgan fingerprint density at radius 1 is 1.62 bits per heavy atom. The van der Waals surface area contributed by atoms with Crippen LogP contribution in [0.5, 0.6) is 0 Å². The van der Waals surface area contributed by atoms with E-state index in [2.05, 4.69) is 10.6 Å². The van der Waals surface area contributed by atoms with Crippen LogP contribution in [0.4, 0.5) is 0 Å². The molecule has 1 spiro atoms. The SMILES string of the molecule is O=C1NCC12CCN2. The van der Waals surface area contributed by atoms with Gasteiger partial charge in [0.2, 0.25) is 5.91 Å². The maximum Gasteiger partial charge on any atom is 0.242 e. The van der Waals surface area contributed by atoms with Gasteiger partial charge in [-0.1, -0.05) is 0 Å². The number of hydrogen-bond donors (Lipinski definition) is 2. The highest BCUT2D eigenvalue weighted by molar-refractivity contribution is 5.93. The van der Waals surface area contributed by atoms with Gasteiger partial charge >= 0.3 is 0 Å². The quantitative estimate of drug-likeness (QED) is 0.388. The highest BCUT2D eigenvalue weighted by Gasteiger charge is 2.50. The van der Waals surface area contributed by atoms with E-state index in [1.54, 1.807) is 0 Å². The Bertz CT molecular complexity index is 134. The molecule has 2 rings (SSSR count). The maximum absolute atomic E-state index is 10.7. The molecule has 44 valence electrons. The van der Waals surface area contributed by atoms with Crippen molar-refractivity contribution < 1.29 is 4.79 Å². The lowest BCUT2D eigenvalue weighted by atomic mass is 9.81. The molecule has 1 atom stereocenters. The fraction of sp³-hybridized carbons (Fsp3) is 0.800. The predicted octanol–water partition coefficient (Wildman–Crippen LogP) is -1.15. The second-order valence-electron chi connectivity index (χ2n) is 2.44. The van der Waals surface area contributed by atoms with E-state index < -0.39 is 0 Å². The number of carbonyl (C=O) groups is 1. The summed E-state index contributed by atoms with van der Waals surface area (Å²) >= 11 is 0. The standard InChI is InChI=1S/C5H8N2O/c8-4-5(3-6-4)1-2-7-5/h7H,1-3H2,(H,6,8). The first-order chi connectivity index (χ1) is 3.83. The Hall–Kier alpha value is -0.570. The fourth-order valence-corrected chi connectivity index (χ4v) is 1.15. The first kappa shape index (κ1) is 4.32. The molecule has 1 unspecified atom stereocenters. The summed E-state index contributed by atoms with van der Waals surface area (Å²) < 4.78 is 0. The lowest BCUT2D eigenvalue weighted by molar-refractivity contribution is -0.139. The molecule has 0 aromatic heterocycles. The first-order valence-corrected chi connectivity index (χ1v) is 2.87. The topological polar surface area (TPSA) is 41.1 Å². The molecule has 2 saturated heterocycles. The molecule has 0 bridgehead atoms. The summed E-state index contributed by atoms with van der Waals surface area (Å²) in [5.74, 6) is 0.184. The zero-order valence-electron chi connectivity index (χ0n) is 4.53. The van der Waals surface area contributed by atoms with E-state index >= 15 is 0 Å². The van der Waals surface area contributed by atoms with Crippen LogP contribution in [-0.4, -0.2) is 24.5 Å². The number of carbonyl (C=O) groups excluding carboxylic acids is 1. The zero-order valence-corrected chi connectivity index (χ0v) is 4.53. The van der Waals surface area contributed by atoms with E-state index in [1.807, 2.05) is 0 Å². The van der Waals surface area contributed by atoms with Crippen LogP contribution in [-0.2, 0) is 4.79 Å². The van der Waals surface area contributed by atoms with Gasteiger partial charge in [-0.3, -0.25) is 4.79 Å². The summed E-state index contributed by atoms with van der Waals surface area (Å²) in [5, 5.41) is 5.80. The minimum atomic E-state index is -0.0972. The minimum absolute atomic E-state index is 0.0972. The molecule has 0 aromatic rings. The number of β-lactam (4-membered cyclic amide) rings is 1. The van der Waals surface area contributed by atoms with Crippen molar-refractivity contribution in [2.24, 2.45) is 0 Å². The van der Waals surface area contributed by atoms with Crippen LogP contribution in [0.3, 0.4) is 0 Å². The van der Waals surface area contributed by atoms with Crippen molar-refractivity contribution in [1.29, 1.82) is 0 Å². The normalized spacial score (nSPS) is 42.8. The summed E-state index contributed by atoms with van der Waals surface area (Å²) in [7, 11) is 0. The van der Waals surface area contributed by atoms with Crippen molar-refractivity contribution in [3.63, 3.8) is 0 Å². The number of hydrogen-bond acceptors (Lipinski definition) is 2. The van der Waals surface area contributed by atoms with Crippen LogP contribution in [0.15, 0.2) is 0 Å². The van der Waals surface area contributed by atoms with Gasteiger partial charge in [0.05, 0.1) is 0 Å². The highest BCUT2D eigenvalue weighted by Crippen LogP contribution is 2.23. The van der Waals surface area contributed by atoms with E-state index in [9.17, 15) is 4.79 Å². The molecule has 3 nitrogen and oxygen atoms in total. The van der Waals surface area contributed by atoms with Gasteiger partial charge in [-0.25, -0.2) is 0 Å². The maximum atomic E-state index is 10.7. The smallest absolute Gasteiger partial charge is 0.242 e. The highest BCUT2D eigenvalue weighted by atomic mass is 16.2. The van der Waals surface area contributed by atoms with E-state index in [4.69, 9.17) is 0 Å².